The fraction of sp³-hybridized carbons (Fsp3) is 0.438. The number of aliphatic hydroxyl groups is 1. The summed E-state index contributed by atoms with van der Waals surface area (Å²) in [5.74, 6) is 5.30. The quantitative estimate of drug-likeness (QED) is 0.630. The average molecular weight is 259 g/mol. The van der Waals surface area contributed by atoms with Crippen molar-refractivity contribution in [3.63, 3.8) is 0 Å². The SMILES string of the molecule is CCCCCC#CC(=O)N(CCO)c1ccccc1. The normalized spacial score (nSPS) is 9.58. The van der Waals surface area contributed by atoms with Crippen molar-refractivity contribution >= 4 is 11.6 Å². The summed E-state index contributed by atoms with van der Waals surface area (Å²) >= 11 is 0. The van der Waals surface area contributed by atoms with E-state index in [0.29, 0.717) is 0 Å². The van der Waals surface area contributed by atoms with Crippen LogP contribution in [-0.4, -0.2) is 24.2 Å². The van der Waals surface area contributed by atoms with Crippen molar-refractivity contribution in [1.29, 1.82) is 0 Å². The Labute approximate surface area is 115 Å². The predicted octanol–water partition coefficient (Wildman–Crippen LogP) is 2.60. The Morgan fingerprint density at radius 1 is 1.26 bits per heavy atom. The fourth-order valence-electron chi connectivity index (χ4n) is 1.72. The molecule has 0 saturated carbocycles. The predicted molar refractivity (Wildman–Crippen MR) is 77.8 cm³/mol. The molecule has 1 amide bonds. The molecule has 1 rings (SSSR count). The maximum absolute atomic E-state index is 12.0. The van der Waals surface area contributed by atoms with Crippen molar-refractivity contribution < 1.29 is 9.90 Å². The molecule has 0 heterocycles. The molecule has 102 valence electrons. The van der Waals surface area contributed by atoms with Crippen LogP contribution in [0.15, 0.2) is 30.3 Å². The van der Waals surface area contributed by atoms with Crippen LogP contribution in [0.2, 0.25) is 0 Å². The Hall–Kier alpha value is -1.79. The minimum Gasteiger partial charge on any atom is -0.395 e. The maximum atomic E-state index is 12.0. The van der Waals surface area contributed by atoms with Crippen molar-refractivity contribution in [2.45, 2.75) is 32.6 Å². The lowest BCUT2D eigenvalue weighted by Gasteiger charge is -2.18. The molecule has 0 unspecified atom stereocenters. The van der Waals surface area contributed by atoms with E-state index in [4.69, 9.17) is 5.11 Å². The first kappa shape index (κ1) is 15.3. The van der Waals surface area contributed by atoms with Crippen molar-refractivity contribution in [3.05, 3.63) is 30.3 Å². The van der Waals surface area contributed by atoms with Crippen LogP contribution in [0, 0.1) is 11.8 Å². The molecule has 0 bridgehead atoms. The summed E-state index contributed by atoms with van der Waals surface area (Å²) in [7, 11) is 0. The highest BCUT2D eigenvalue weighted by molar-refractivity contribution is 6.05. The van der Waals surface area contributed by atoms with E-state index in [1.54, 1.807) is 0 Å². The minimum atomic E-state index is -0.253. The number of nitrogens with zero attached hydrogens (tertiary/aromatic N) is 1. The Morgan fingerprint density at radius 3 is 2.63 bits per heavy atom. The van der Waals surface area contributed by atoms with E-state index >= 15 is 0 Å². The van der Waals surface area contributed by atoms with Gasteiger partial charge in [0.25, 0.3) is 0 Å². The van der Waals surface area contributed by atoms with Gasteiger partial charge in [0.05, 0.1) is 6.61 Å². The minimum absolute atomic E-state index is 0.0713. The number of carbonyl (C=O) groups excluding carboxylic acids is 1. The molecule has 3 heteroatoms. The fourth-order valence-corrected chi connectivity index (χ4v) is 1.72. The van der Waals surface area contributed by atoms with Crippen LogP contribution in [0.1, 0.15) is 32.6 Å². The van der Waals surface area contributed by atoms with Gasteiger partial charge in [0.15, 0.2) is 0 Å². The first-order valence-corrected chi connectivity index (χ1v) is 6.76. The molecule has 0 atom stereocenters. The second-order valence-electron chi connectivity index (χ2n) is 4.27. The van der Waals surface area contributed by atoms with Crippen LogP contribution in [0.5, 0.6) is 0 Å². The number of para-hydroxylation sites is 1. The smallest absolute Gasteiger partial charge is 0.302 e. The first-order valence-electron chi connectivity index (χ1n) is 6.76. The van der Waals surface area contributed by atoms with Gasteiger partial charge in [0, 0.05) is 18.7 Å². The molecule has 1 aromatic carbocycles. The van der Waals surface area contributed by atoms with Gasteiger partial charge in [-0.3, -0.25) is 9.69 Å². The Kier molecular flexibility index (Phi) is 7.38. The van der Waals surface area contributed by atoms with Crippen molar-refractivity contribution in [2.24, 2.45) is 0 Å². The van der Waals surface area contributed by atoms with E-state index in [9.17, 15) is 4.79 Å². The van der Waals surface area contributed by atoms with E-state index in [2.05, 4.69) is 18.8 Å². The lowest BCUT2D eigenvalue weighted by molar-refractivity contribution is -0.113. The number of anilines is 1. The monoisotopic (exact) mass is 259 g/mol. The van der Waals surface area contributed by atoms with Gasteiger partial charge in [-0.05, 0) is 24.5 Å². The van der Waals surface area contributed by atoms with Gasteiger partial charge in [-0.15, -0.1) is 0 Å². The summed E-state index contributed by atoms with van der Waals surface area (Å²) in [5.41, 5.74) is 0.768. The molecule has 3 nitrogen and oxygen atoms in total. The van der Waals surface area contributed by atoms with Crippen LogP contribution in [0.4, 0.5) is 5.69 Å². The molecule has 0 saturated heterocycles. The Balaban J connectivity index is 2.63. The largest absolute Gasteiger partial charge is 0.395 e. The number of benzene rings is 1. The molecular weight excluding hydrogens is 238 g/mol. The van der Waals surface area contributed by atoms with Gasteiger partial charge in [-0.2, -0.15) is 0 Å². The van der Waals surface area contributed by atoms with E-state index in [0.717, 1.165) is 31.4 Å². The standard InChI is InChI=1S/C16H21NO2/c1-2-3-4-5-9-12-16(19)17(13-14-18)15-10-7-6-8-11-15/h6-8,10-11,18H,2-5,13-14H2,1H3. The molecule has 0 fully saturated rings. The molecule has 0 aliphatic heterocycles. The molecule has 0 radical (unpaired) electrons. The lowest BCUT2D eigenvalue weighted by Crippen LogP contribution is -2.32. The van der Waals surface area contributed by atoms with Crippen molar-refractivity contribution in [3.8, 4) is 11.8 Å². The zero-order chi connectivity index (χ0) is 13.9. The second kappa shape index (κ2) is 9.18. The molecule has 1 N–H and O–H groups in total. The summed E-state index contributed by atoms with van der Waals surface area (Å²) in [6.45, 7) is 2.33. The zero-order valence-electron chi connectivity index (χ0n) is 11.4. The molecule has 0 aliphatic carbocycles. The van der Waals surface area contributed by atoms with Crippen molar-refractivity contribution in [2.75, 3.05) is 18.1 Å². The van der Waals surface area contributed by atoms with E-state index < -0.39 is 0 Å². The zero-order valence-corrected chi connectivity index (χ0v) is 11.4. The third kappa shape index (κ3) is 5.58. The number of aliphatic hydroxyl groups excluding tert-OH is 1. The highest BCUT2D eigenvalue weighted by Crippen LogP contribution is 2.12. The molecule has 19 heavy (non-hydrogen) atoms. The van der Waals surface area contributed by atoms with E-state index in [1.165, 1.54) is 4.90 Å². The van der Waals surface area contributed by atoms with E-state index in [1.807, 2.05) is 30.3 Å². The third-order valence-electron chi connectivity index (χ3n) is 2.74. The van der Waals surface area contributed by atoms with Gasteiger partial charge in [-0.25, -0.2) is 0 Å². The Morgan fingerprint density at radius 2 is 2.00 bits per heavy atom. The second-order valence-corrected chi connectivity index (χ2v) is 4.27. The number of rotatable bonds is 6. The maximum Gasteiger partial charge on any atom is 0.302 e. The number of carbonyl (C=O) groups is 1. The lowest BCUT2D eigenvalue weighted by atomic mass is 10.2. The highest BCUT2D eigenvalue weighted by Gasteiger charge is 2.12. The van der Waals surface area contributed by atoms with Gasteiger partial charge >= 0.3 is 5.91 Å². The summed E-state index contributed by atoms with van der Waals surface area (Å²) in [6, 6.07) is 9.30. The Bertz CT molecular complexity index is 431. The van der Waals surface area contributed by atoms with Gasteiger partial charge in [0.1, 0.15) is 0 Å². The first-order chi connectivity index (χ1) is 9.29. The molecule has 0 aromatic heterocycles. The van der Waals surface area contributed by atoms with Gasteiger partial charge in [0.2, 0.25) is 0 Å². The van der Waals surface area contributed by atoms with Gasteiger partial charge < -0.3 is 5.11 Å². The average Bonchev–Trinajstić information content (AvgIpc) is 2.45. The van der Waals surface area contributed by atoms with Crippen LogP contribution in [-0.2, 0) is 4.79 Å². The number of amides is 1. The van der Waals surface area contributed by atoms with E-state index in [-0.39, 0.29) is 19.1 Å². The van der Waals surface area contributed by atoms with Crippen LogP contribution in [0.25, 0.3) is 0 Å². The topological polar surface area (TPSA) is 40.5 Å². The highest BCUT2D eigenvalue weighted by atomic mass is 16.3. The van der Waals surface area contributed by atoms with Gasteiger partial charge in [-0.1, -0.05) is 43.9 Å². The summed E-state index contributed by atoms with van der Waals surface area (Å²) < 4.78 is 0. The molecule has 1 aromatic rings. The van der Waals surface area contributed by atoms with Crippen LogP contribution >= 0.6 is 0 Å². The van der Waals surface area contributed by atoms with Crippen LogP contribution < -0.4 is 4.90 Å². The summed E-state index contributed by atoms with van der Waals surface area (Å²) in [4.78, 5) is 13.5. The number of hydrogen-bond acceptors (Lipinski definition) is 2. The van der Waals surface area contributed by atoms with Crippen molar-refractivity contribution in [1.82, 2.24) is 0 Å². The number of hydrogen-bond donors (Lipinski definition) is 1. The molecule has 0 spiro atoms. The summed E-state index contributed by atoms with van der Waals surface area (Å²) in [6.07, 6.45) is 4.07. The van der Waals surface area contributed by atoms with Crippen LogP contribution in [0.3, 0.4) is 0 Å². The third-order valence-corrected chi connectivity index (χ3v) is 2.74. The molecule has 0 aliphatic rings. The summed E-state index contributed by atoms with van der Waals surface area (Å²) in [5, 5.41) is 9.05. The molecular formula is C16H21NO2. The number of unbranched alkanes of at least 4 members (excludes halogenated alkanes) is 3.